The molecule has 0 spiro atoms. The van der Waals surface area contributed by atoms with Gasteiger partial charge in [0.25, 0.3) is 0 Å². The van der Waals surface area contributed by atoms with Crippen molar-refractivity contribution in [2.75, 3.05) is 6.61 Å². The highest BCUT2D eigenvalue weighted by Gasteiger charge is 2.47. The molecule has 19 heavy (non-hydrogen) atoms. The van der Waals surface area contributed by atoms with Gasteiger partial charge < -0.3 is 4.74 Å². The van der Waals surface area contributed by atoms with Crippen molar-refractivity contribution in [3.05, 3.63) is 59.7 Å². The molecular weight excluding hydrogens is 232 g/mol. The van der Waals surface area contributed by atoms with Gasteiger partial charge in [0.1, 0.15) is 0 Å². The topological polar surface area (TPSA) is 9.23 Å². The lowest BCUT2D eigenvalue weighted by atomic mass is 9.69. The van der Waals surface area contributed by atoms with Gasteiger partial charge in [0, 0.05) is 11.3 Å². The molecule has 1 aliphatic heterocycles. The number of rotatable bonds is 2. The van der Waals surface area contributed by atoms with Crippen LogP contribution in [0.1, 0.15) is 32.4 Å². The number of benzene rings is 1. The Labute approximate surface area is 116 Å². The van der Waals surface area contributed by atoms with Crippen molar-refractivity contribution in [3.63, 3.8) is 0 Å². The number of hydrogen-bond acceptors (Lipinski definition) is 1. The standard InChI is InChI=1S/C18H22O/c1-13(2)15-9-10-18(3)16(11-15)12-19-17(18)14-7-5-4-6-8-14/h4-11,13,16-17H,12H2,1-3H3/t16-,17+,18-/m1/s1. The van der Waals surface area contributed by atoms with Gasteiger partial charge in [-0.2, -0.15) is 0 Å². The third kappa shape index (κ3) is 2.06. The summed E-state index contributed by atoms with van der Waals surface area (Å²) in [6, 6.07) is 10.6. The van der Waals surface area contributed by atoms with E-state index in [4.69, 9.17) is 4.74 Å². The number of ether oxygens (including phenoxy) is 1. The Hall–Kier alpha value is -1.34. The third-order valence-electron chi connectivity index (χ3n) is 4.60. The SMILES string of the molecule is CC(C)C1=C[C@@H]2CO[C@@H](c3ccccc3)[C@]2(C)C=C1. The summed E-state index contributed by atoms with van der Waals surface area (Å²) >= 11 is 0. The maximum Gasteiger partial charge on any atom is 0.0919 e. The minimum atomic E-state index is 0.0970. The van der Waals surface area contributed by atoms with Crippen molar-refractivity contribution in [2.24, 2.45) is 17.3 Å². The van der Waals surface area contributed by atoms with Crippen LogP contribution in [0.5, 0.6) is 0 Å². The Morgan fingerprint density at radius 1 is 1.21 bits per heavy atom. The predicted molar refractivity (Wildman–Crippen MR) is 78.8 cm³/mol. The average Bonchev–Trinajstić information content (AvgIpc) is 2.75. The molecule has 1 nitrogen and oxygen atoms in total. The van der Waals surface area contributed by atoms with Crippen LogP contribution >= 0.6 is 0 Å². The zero-order valence-corrected chi connectivity index (χ0v) is 12.0. The third-order valence-corrected chi connectivity index (χ3v) is 4.60. The Morgan fingerprint density at radius 2 is 1.95 bits per heavy atom. The molecular formula is C18H22O. The van der Waals surface area contributed by atoms with E-state index in [1.807, 2.05) is 0 Å². The Morgan fingerprint density at radius 3 is 2.63 bits per heavy atom. The fourth-order valence-electron chi connectivity index (χ4n) is 3.22. The highest BCUT2D eigenvalue weighted by Crippen LogP contribution is 2.52. The largest absolute Gasteiger partial charge is 0.372 e. The Balaban J connectivity index is 1.93. The van der Waals surface area contributed by atoms with E-state index in [2.05, 4.69) is 69.3 Å². The monoisotopic (exact) mass is 254 g/mol. The molecule has 1 aromatic rings. The first-order chi connectivity index (χ1) is 9.11. The second-order valence-corrected chi connectivity index (χ2v) is 6.25. The van der Waals surface area contributed by atoms with Crippen LogP contribution in [0, 0.1) is 17.3 Å². The second kappa shape index (κ2) is 4.64. The first-order valence-electron chi connectivity index (χ1n) is 7.19. The lowest BCUT2D eigenvalue weighted by molar-refractivity contribution is 0.0739. The first kappa shape index (κ1) is 12.7. The lowest BCUT2D eigenvalue weighted by Gasteiger charge is -2.34. The van der Waals surface area contributed by atoms with Crippen molar-refractivity contribution in [3.8, 4) is 0 Å². The van der Waals surface area contributed by atoms with Gasteiger partial charge in [-0.25, -0.2) is 0 Å². The van der Waals surface area contributed by atoms with E-state index in [0.717, 1.165) is 6.61 Å². The van der Waals surface area contributed by atoms with Crippen LogP contribution in [0.2, 0.25) is 0 Å². The van der Waals surface area contributed by atoms with Gasteiger partial charge in [0.05, 0.1) is 12.7 Å². The summed E-state index contributed by atoms with van der Waals surface area (Å²) < 4.78 is 6.12. The molecule has 1 fully saturated rings. The summed E-state index contributed by atoms with van der Waals surface area (Å²) in [4.78, 5) is 0. The predicted octanol–water partition coefficient (Wildman–Crippen LogP) is 4.53. The maximum absolute atomic E-state index is 6.12. The van der Waals surface area contributed by atoms with Crippen LogP contribution in [0.15, 0.2) is 54.1 Å². The van der Waals surface area contributed by atoms with Crippen LogP contribution < -0.4 is 0 Å². The van der Waals surface area contributed by atoms with Gasteiger partial charge in [-0.05, 0) is 17.1 Å². The molecule has 1 heteroatoms. The van der Waals surface area contributed by atoms with Gasteiger partial charge in [-0.1, -0.05) is 69.3 Å². The van der Waals surface area contributed by atoms with Crippen LogP contribution in [0.25, 0.3) is 0 Å². The van der Waals surface area contributed by atoms with Crippen LogP contribution in [0.4, 0.5) is 0 Å². The fraction of sp³-hybridized carbons (Fsp3) is 0.444. The zero-order valence-electron chi connectivity index (χ0n) is 12.0. The highest BCUT2D eigenvalue weighted by atomic mass is 16.5. The van der Waals surface area contributed by atoms with Crippen LogP contribution in [-0.2, 0) is 4.74 Å². The molecule has 1 aromatic carbocycles. The van der Waals surface area contributed by atoms with Crippen molar-refractivity contribution < 1.29 is 4.74 Å². The molecule has 0 N–H and O–H groups in total. The Bertz CT molecular complexity index is 512. The van der Waals surface area contributed by atoms with Crippen molar-refractivity contribution >= 4 is 0 Å². The van der Waals surface area contributed by atoms with E-state index in [0.29, 0.717) is 11.8 Å². The van der Waals surface area contributed by atoms with E-state index < -0.39 is 0 Å². The minimum Gasteiger partial charge on any atom is -0.372 e. The highest BCUT2D eigenvalue weighted by molar-refractivity contribution is 5.35. The molecule has 1 aliphatic carbocycles. The summed E-state index contributed by atoms with van der Waals surface area (Å²) in [7, 11) is 0. The number of fused-ring (bicyclic) bond motifs is 1. The average molecular weight is 254 g/mol. The summed E-state index contributed by atoms with van der Waals surface area (Å²) in [5.41, 5.74) is 2.83. The molecule has 0 amide bonds. The van der Waals surface area contributed by atoms with Crippen molar-refractivity contribution in [2.45, 2.75) is 26.9 Å². The van der Waals surface area contributed by atoms with Crippen molar-refractivity contribution in [1.29, 1.82) is 0 Å². The Kier molecular flexibility index (Phi) is 3.10. The second-order valence-electron chi connectivity index (χ2n) is 6.25. The molecule has 0 unspecified atom stereocenters. The van der Waals surface area contributed by atoms with Gasteiger partial charge in [-0.15, -0.1) is 0 Å². The smallest absolute Gasteiger partial charge is 0.0919 e. The normalized spacial score (nSPS) is 33.4. The van der Waals surface area contributed by atoms with Crippen molar-refractivity contribution in [1.82, 2.24) is 0 Å². The quantitative estimate of drug-likeness (QED) is 0.753. The molecule has 3 atom stereocenters. The molecule has 1 heterocycles. The first-order valence-corrected chi connectivity index (χ1v) is 7.19. The zero-order chi connectivity index (χ0) is 13.5. The van der Waals surface area contributed by atoms with Crippen LogP contribution in [0.3, 0.4) is 0 Å². The number of hydrogen-bond donors (Lipinski definition) is 0. The van der Waals surface area contributed by atoms with Crippen LogP contribution in [-0.4, -0.2) is 6.61 Å². The van der Waals surface area contributed by atoms with E-state index in [-0.39, 0.29) is 11.5 Å². The number of allylic oxidation sites excluding steroid dienone is 2. The summed E-state index contributed by atoms with van der Waals surface area (Å²) in [5.74, 6) is 1.09. The molecule has 0 radical (unpaired) electrons. The van der Waals surface area contributed by atoms with Gasteiger partial charge in [-0.3, -0.25) is 0 Å². The van der Waals surface area contributed by atoms with Gasteiger partial charge in [0.2, 0.25) is 0 Å². The summed E-state index contributed by atoms with van der Waals surface area (Å²) in [6.07, 6.45) is 7.27. The molecule has 100 valence electrons. The molecule has 2 aliphatic rings. The summed E-state index contributed by atoms with van der Waals surface area (Å²) in [5, 5.41) is 0. The molecule has 3 rings (SSSR count). The van der Waals surface area contributed by atoms with E-state index >= 15 is 0 Å². The van der Waals surface area contributed by atoms with E-state index in [1.165, 1.54) is 11.1 Å². The lowest BCUT2D eigenvalue weighted by Crippen LogP contribution is -2.27. The summed E-state index contributed by atoms with van der Waals surface area (Å²) in [6.45, 7) is 7.66. The van der Waals surface area contributed by atoms with E-state index in [1.54, 1.807) is 0 Å². The molecule has 0 aromatic heterocycles. The molecule has 0 saturated carbocycles. The van der Waals surface area contributed by atoms with Gasteiger partial charge >= 0.3 is 0 Å². The molecule has 1 saturated heterocycles. The maximum atomic E-state index is 6.12. The van der Waals surface area contributed by atoms with Gasteiger partial charge in [0.15, 0.2) is 0 Å². The minimum absolute atomic E-state index is 0.0970. The van der Waals surface area contributed by atoms with E-state index in [9.17, 15) is 0 Å². The fourth-order valence-corrected chi connectivity index (χ4v) is 3.22. The molecule has 0 bridgehead atoms.